The molecule has 2 amide bonds. The number of nitrogens with one attached hydrogen (secondary N) is 1. The van der Waals surface area contributed by atoms with Crippen molar-refractivity contribution in [3.05, 3.63) is 23.3 Å². The first-order chi connectivity index (χ1) is 6.49. The zero-order valence-electron chi connectivity index (χ0n) is 8.05. The topological polar surface area (TPSA) is 32.3 Å². The van der Waals surface area contributed by atoms with Crippen LogP contribution in [0.5, 0.6) is 0 Å². The molecular formula is C9H12Cl2N2O. The van der Waals surface area contributed by atoms with E-state index in [2.05, 4.69) is 5.32 Å². The zero-order chi connectivity index (χ0) is 10.8. The van der Waals surface area contributed by atoms with Crippen LogP contribution in [0.3, 0.4) is 0 Å². The minimum Gasteiger partial charge on any atom is -0.341 e. The second-order valence-corrected chi connectivity index (χ2v) is 4.22. The molecule has 0 spiro atoms. The van der Waals surface area contributed by atoms with Gasteiger partial charge >= 0.3 is 6.03 Å². The first-order valence-electron chi connectivity index (χ1n) is 4.18. The summed E-state index contributed by atoms with van der Waals surface area (Å²) in [6.45, 7) is 0. The van der Waals surface area contributed by atoms with Gasteiger partial charge in [0, 0.05) is 25.5 Å². The first-order valence-corrected chi connectivity index (χ1v) is 4.93. The normalized spacial score (nSPS) is 25.6. The standard InChI is InChI=1S/C9H12Cl2N2O/c1-12-8(14)13(2)9(11)5-3-4-7(10)6-9/h3-5H,6H2,1-2H3,(H,12,14). The van der Waals surface area contributed by atoms with Crippen molar-refractivity contribution in [2.45, 2.75) is 11.4 Å². The van der Waals surface area contributed by atoms with Crippen molar-refractivity contribution < 1.29 is 4.79 Å². The number of urea groups is 1. The molecule has 0 radical (unpaired) electrons. The van der Waals surface area contributed by atoms with Crippen LogP contribution in [0.2, 0.25) is 0 Å². The van der Waals surface area contributed by atoms with Crippen molar-refractivity contribution in [1.82, 2.24) is 10.2 Å². The number of allylic oxidation sites excluding steroid dienone is 2. The van der Waals surface area contributed by atoms with Crippen molar-refractivity contribution in [1.29, 1.82) is 0 Å². The fourth-order valence-electron chi connectivity index (χ4n) is 1.22. The van der Waals surface area contributed by atoms with E-state index < -0.39 is 5.00 Å². The van der Waals surface area contributed by atoms with Gasteiger partial charge < -0.3 is 10.2 Å². The second-order valence-electron chi connectivity index (χ2n) is 3.08. The smallest absolute Gasteiger partial charge is 0.318 e. The van der Waals surface area contributed by atoms with E-state index >= 15 is 0 Å². The average Bonchev–Trinajstić information content (AvgIpc) is 2.15. The van der Waals surface area contributed by atoms with Crippen LogP contribution in [-0.4, -0.2) is 30.0 Å². The van der Waals surface area contributed by atoms with Crippen LogP contribution >= 0.6 is 23.2 Å². The number of nitrogens with zero attached hydrogens (tertiary/aromatic N) is 1. The molecule has 0 fully saturated rings. The van der Waals surface area contributed by atoms with Crippen LogP contribution in [0.15, 0.2) is 23.3 Å². The number of amides is 2. The highest BCUT2D eigenvalue weighted by Gasteiger charge is 2.34. The van der Waals surface area contributed by atoms with E-state index in [1.807, 2.05) is 0 Å². The minimum absolute atomic E-state index is 0.240. The average molecular weight is 235 g/mol. The maximum atomic E-state index is 11.4. The quantitative estimate of drug-likeness (QED) is 0.548. The molecule has 0 heterocycles. The Kier molecular flexibility index (Phi) is 3.45. The van der Waals surface area contributed by atoms with Crippen LogP contribution < -0.4 is 5.32 Å². The van der Waals surface area contributed by atoms with Gasteiger partial charge in [-0.3, -0.25) is 0 Å². The molecule has 0 aliphatic heterocycles. The van der Waals surface area contributed by atoms with E-state index in [1.54, 1.807) is 32.3 Å². The second kappa shape index (κ2) is 4.24. The van der Waals surface area contributed by atoms with Gasteiger partial charge in [-0.25, -0.2) is 4.79 Å². The van der Waals surface area contributed by atoms with E-state index in [4.69, 9.17) is 23.2 Å². The number of hydrogen-bond acceptors (Lipinski definition) is 1. The molecule has 1 aliphatic carbocycles. The Morgan fingerprint density at radius 1 is 1.71 bits per heavy atom. The van der Waals surface area contributed by atoms with Crippen LogP contribution in [0.25, 0.3) is 0 Å². The maximum absolute atomic E-state index is 11.4. The third-order valence-electron chi connectivity index (χ3n) is 2.12. The molecule has 1 N–H and O–H groups in total. The number of rotatable bonds is 1. The van der Waals surface area contributed by atoms with Gasteiger partial charge in [0.1, 0.15) is 5.00 Å². The summed E-state index contributed by atoms with van der Waals surface area (Å²) in [4.78, 5) is 11.9. The highest BCUT2D eigenvalue weighted by atomic mass is 35.5. The number of hydrogen-bond donors (Lipinski definition) is 1. The highest BCUT2D eigenvalue weighted by Crippen LogP contribution is 2.33. The lowest BCUT2D eigenvalue weighted by atomic mass is 10.1. The van der Waals surface area contributed by atoms with E-state index in [0.29, 0.717) is 11.5 Å². The van der Waals surface area contributed by atoms with Crippen LogP contribution in [0.1, 0.15) is 6.42 Å². The third-order valence-corrected chi connectivity index (χ3v) is 2.89. The summed E-state index contributed by atoms with van der Waals surface area (Å²) >= 11 is 12.1. The van der Waals surface area contributed by atoms with E-state index in [9.17, 15) is 4.79 Å². The van der Waals surface area contributed by atoms with Crippen LogP contribution in [-0.2, 0) is 0 Å². The maximum Gasteiger partial charge on any atom is 0.318 e. The predicted molar refractivity (Wildman–Crippen MR) is 58.5 cm³/mol. The van der Waals surface area contributed by atoms with Gasteiger partial charge in [-0.05, 0) is 12.2 Å². The number of alkyl halides is 1. The summed E-state index contributed by atoms with van der Waals surface area (Å²) in [5, 5.41) is 3.15. The van der Waals surface area contributed by atoms with Crippen LogP contribution in [0.4, 0.5) is 4.79 Å². The molecule has 14 heavy (non-hydrogen) atoms. The van der Waals surface area contributed by atoms with Gasteiger partial charge in [-0.15, -0.1) is 0 Å². The fraction of sp³-hybridized carbons (Fsp3) is 0.444. The molecule has 5 heteroatoms. The molecule has 0 saturated carbocycles. The number of likely N-dealkylation sites (N-methyl/N-ethyl adjacent to an activating group) is 1. The fourth-order valence-corrected chi connectivity index (χ4v) is 1.86. The van der Waals surface area contributed by atoms with Crippen molar-refractivity contribution in [3.8, 4) is 0 Å². The van der Waals surface area contributed by atoms with E-state index in [1.165, 1.54) is 4.90 Å². The zero-order valence-corrected chi connectivity index (χ0v) is 9.56. The Balaban J connectivity index is 2.81. The Morgan fingerprint density at radius 3 is 2.86 bits per heavy atom. The summed E-state index contributed by atoms with van der Waals surface area (Å²) < 4.78 is 0. The monoisotopic (exact) mass is 234 g/mol. The van der Waals surface area contributed by atoms with Gasteiger partial charge in [-0.2, -0.15) is 0 Å². The molecule has 1 rings (SSSR count). The van der Waals surface area contributed by atoms with Gasteiger partial charge in [-0.1, -0.05) is 29.3 Å². The van der Waals surface area contributed by atoms with Crippen molar-refractivity contribution in [2.75, 3.05) is 14.1 Å². The molecular weight excluding hydrogens is 223 g/mol. The van der Waals surface area contributed by atoms with E-state index in [0.717, 1.165) is 0 Å². The highest BCUT2D eigenvalue weighted by molar-refractivity contribution is 6.32. The van der Waals surface area contributed by atoms with Gasteiger partial charge in [0.15, 0.2) is 0 Å². The SMILES string of the molecule is CNC(=O)N(C)C1(Cl)C=CC=C(Cl)C1. The summed E-state index contributed by atoms with van der Waals surface area (Å²) in [5.41, 5.74) is 0. The van der Waals surface area contributed by atoms with Crippen molar-refractivity contribution in [2.24, 2.45) is 0 Å². The molecule has 0 aromatic carbocycles. The molecule has 1 atom stereocenters. The van der Waals surface area contributed by atoms with Crippen LogP contribution in [0, 0.1) is 0 Å². The predicted octanol–water partition coefficient (Wildman–Crippen LogP) is 2.28. The van der Waals surface area contributed by atoms with Crippen molar-refractivity contribution in [3.63, 3.8) is 0 Å². The molecule has 1 unspecified atom stereocenters. The first kappa shape index (κ1) is 11.4. The van der Waals surface area contributed by atoms with Gasteiger partial charge in [0.2, 0.25) is 0 Å². The molecule has 0 bridgehead atoms. The molecule has 1 aliphatic rings. The number of carbonyl (C=O) groups is 1. The Hall–Kier alpha value is -0.670. The lowest BCUT2D eigenvalue weighted by Gasteiger charge is -2.34. The lowest BCUT2D eigenvalue weighted by molar-refractivity contribution is 0.193. The summed E-state index contributed by atoms with van der Waals surface area (Å²) in [7, 11) is 3.19. The van der Waals surface area contributed by atoms with E-state index in [-0.39, 0.29) is 6.03 Å². The minimum atomic E-state index is -0.855. The largest absolute Gasteiger partial charge is 0.341 e. The number of carbonyl (C=O) groups excluding carboxylic acids is 1. The summed E-state index contributed by atoms with van der Waals surface area (Å²) in [6.07, 6.45) is 5.68. The third kappa shape index (κ3) is 2.22. The van der Waals surface area contributed by atoms with Crippen molar-refractivity contribution >= 4 is 29.2 Å². The Bertz CT molecular complexity index is 301. The molecule has 78 valence electrons. The summed E-state index contributed by atoms with van der Waals surface area (Å²) in [5.74, 6) is 0. The molecule has 0 aromatic heterocycles. The summed E-state index contributed by atoms with van der Waals surface area (Å²) in [6, 6.07) is -0.240. The lowest BCUT2D eigenvalue weighted by Crippen LogP contribution is -2.48. The Morgan fingerprint density at radius 2 is 2.36 bits per heavy atom. The Labute approximate surface area is 93.4 Å². The van der Waals surface area contributed by atoms with Gasteiger partial charge in [0.25, 0.3) is 0 Å². The molecule has 3 nitrogen and oxygen atoms in total. The number of halogens is 2. The molecule has 0 saturated heterocycles. The molecule has 0 aromatic rings. The van der Waals surface area contributed by atoms with Gasteiger partial charge in [0.05, 0.1) is 0 Å².